The van der Waals surface area contributed by atoms with Crippen molar-refractivity contribution in [2.75, 3.05) is 19.8 Å². The average Bonchev–Trinajstić information content (AvgIpc) is 2.80. The van der Waals surface area contributed by atoms with Gasteiger partial charge in [-0.1, -0.05) is 13.8 Å². The Hall–Kier alpha value is -2.31. The van der Waals surface area contributed by atoms with E-state index in [0.717, 1.165) is 6.42 Å². The lowest BCUT2D eigenvalue weighted by Gasteiger charge is -2.08. The van der Waals surface area contributed by atoms with Crippen molar-refractivity contribution in [1.29, 1.82) is 0 Å². The third kappa shape index (κ3) is 5.40. The van der Waals surface area contributed by atoms with E-state index in [2.05, 4.69) is 24.1 Å². The molecule has 1 amide bonds. The van der Waals surface area contributed by atoms with Crippen LogP contribution in [0.4, 0.5) is 0 Å². The van der Waals surface area contributed by atoms with Crippen LogP contribution in [0.3, 0.4) is 0 Å². The van der Waals surface area contributed by atoms with E-state index in [4.69, 9.17) is 9.47 Å². The third-order valence-electron chi connectivity index (χ3n) is 3.50. The van der Waals surface area contributed by atoms with Gasteiger partial charge >= 0.3 is 11.9 Å². The van der Waals surface area contributed by atoms with Gasteiger partial charge in [0.15, 0.2) is 6.61 Å². The fraction of sp³-hybridized carbons (Fsp3) is 0.588. The molecule has 134 valence electrons. The Bertz CT molecular complexity index is 604. The van der Waals surface area contributed by atoms with E-state index in [1.807, 2.05) is 0 Å². The summed E-state index contributed by atoms with van der Waals surface area (Å²) >= 11 is 0. The van der Waals surface area contributed by atoms with Crippen LogP contribution in [-0.2, 0) is 14.3 Å². The smallest absolute Gasteiger partial charge is 0.355 e. The summed E-state index contributed by atoms with van der Waals surface area (Å²) in [6.07, 6.45) is 0.860. The van der Waals surface area contributed by atoms with Crippen LogP contribution >= 0.6 is 0 Å². The van der Waals surface area contributed by atoms with Gasteiger partial charge in [-0.15, -0.1) is 0 Å². The van der Waals surface area contributed by atoms with Crippen molar-refractivity contribution in [3.8, 4) is 0 Å². The highest BCUT2D eigenvalue weighted by molar-refractivity contribution is 5.99. The maximum atomic E-state index is 12.2. The first-order valence-corrected chi connectivity index (χ1v) is 8.08. The number of aryl methyl sites for hydroxylation is 1. The van der Waals surface area contributed by atoms with Crippen LogP contribution in [0.15, 0.2) is 0 Å². The summed E-state index contributed by atoms with van der Waals surface area (Å²) in [7, 11) is 0. The van der Waals surface area contributed by atoms with E-state index in [1.165, 1.54) is 0 Å². The highest BCUT2D eigenvalue weighted by Crippen LogP contribution is 2.19. The fourth-order valence-corrected chi connectivity index (χ4v) is 2.22. The summed E-state index contributed by atoms with van der Waals surface area (Å²) in [5.41, 5.74) is 1.44. The summed E-state index contributed by atoms with van der Waals surface area (Å²) in [6.45, 7) is 9.56. The Morgan fingerprint density at radius 3 is 2.38 bits per heavy atom. The molecule has 2 N–H and O–H groups in total. The molecule has 0 aliphatic carbocycles. The highest BCUT2D eigenvalue weighted by Gasteiger charge is 2.24. The minimum absolute atomic E-state index is 0.225. The number of rotatable bonds is 8. The van der Waals surface area contributed by atoms with Gasteiger partial charge in [-0.3, -0.25) is 4.79 Å². The van der Waals surface area contributed by atoms with Crippen LogP contribution in [0.25, 0.3) is 0 Å². The second-order valence-corrected chi connectivity index (χ2v) is 5.95. The van der Waals surface area contributed by atoms with Crippen molar-refractivity contribution in [2.45, 2.75) is 41.0 Å². The Morgan fingerprint density at radius 1 is 1.12 bits per heavy atom. The molecule has 1 aromatic rings. The number of esters is 2. The predicted octanol–water partition coefficient (Wildman–Crippen LogP) is 2.13. The number of carbonyl (C=O) groups is 3. The highest BCUT2D eigenvalue weighted by atomic mass is 16.5. The molecular formula is C17H26N2O5. The molecule has 0 aliphatic heterocycles. The third-order valence-corrected chi connectivity index (χ3v) is 3.50. The molecule has 0 spiro atoms. The molecule has 0 saturated heterocycles. The first-order valence-electron chi connectivity index (χ1n) is 8.08. The van der Waals surface area contributed by atoms with E-state index < -0.39 is 11.9 Å². The molecule has 1 aromatic heterocycles. The van der Waals surface area contributed by atoms with Crippen LogP contribution in [0, 0.1) is 19.8 Å². The van der Waals surface area contributed by atoms with Gasteiger partial charge in [0.25, 0.3) is 5.91 Å². The number of H-pyrrole nitrogens is 1. The van der Waals surface area contributed by atoms with Crippen LogP contribution in [0.5, 0.6) is 0 Å². The molecule has 1 heterocycles. The standard InChI is InChI=1S/C17H26N2O5/c1-6-23-17(22)15-11(4)14(12(5)19-15)16(21)24-9-13(20)18-8-7-10(2)3/h10,19H,6-9H2,1-5H3,(H,18,20). The second kappa shape index (κ2) is 9.10. The number of nitrogens with one attached hydrogen (secondary N) is 2. The number of aromatic amines is 1. The summed E-state index contributed by atoms with van der Waals surface area (Å²) in [5.74, 6) is -1.03. The lowest BCUT2D eigenvalue weighted by molar-refractivity contribution is -0.124. The monoisotopic (exact) mass is 338 g/mol. The normalized spacial score (nSPS) is 10.6. The molecule has 0 unspecified atom stereocenters. The van der Waals surface area contributed by atoms with Crippen LogP contribution < -0.4 is 5.32 Å². The molecule has 0 saturated carbocycles. The Balaban J connectivity index is 2.65. The quantitative estimate of drug-likeness (QED) is 0.708. The number of amides is 1. The molecule has 0 aliphatic rings. The second-order valence-electron chi connectivity index (χ2n) is 5.95. The maximum Gasteiger partial charge on any atom is 0.355 e. The van der Waals surface area contributed by atoms with E-state index in [0.29, 0.717) is 23.7 Å². The first-order chi connectivity index (χ1) is 11.3. The Morgan fingerprint density at radius 2 is 1.79 bits per heavy atom. The van der Waals surface area contributed by atoms with E-state index in [1.54, 1.807) is 20.8 Å². The lowest BCUT2D eigenvalue weighted by atomic mass is 10.1. The molecule has 1 rings (SSSR count). The van der Waals surface area contributed by atoms with E-state index in [-0.39, 0.29) is 30.4 Å². The number of hydrogen-bond donors (Lipinski definition) is 2. The predicted molar refractivity (Wildman–Crippen MR) is 89.0 cm³/mol. The van der Waals surface area contributed by atoms with Crippen molar-refractivity contribution >= 4 is 17.8 Å². The Kier molecular flexibility index (Phi) is 7.48. The van der Waals surface area contributed by atoms with Gasteiger partial charge in [0.05, 0.1) is 12.2 Å². The molecule has 0 aromatic carbocycles. The van der Waals surface area contributed by atoms with E-state index in [9.17, 15) is 14.4 Å². The molecule has 0 radical (unpaired) electrons. The lowest BCUT2D eigenvalue weighted by Crippen LogP contribution is -2.30. The van der Waals surface area contributed by atoms with E-state index >= 15 is 0 Å². The SMILES string of the molecule is CCOC(=O)c1[nH]c(C)c(C(=O)OCC(=O)NCCC(C)C)c1C. The average molecular weight is 338 g/mol. The molecule has 7 heteroatoms. The molecule has 7 nitrogen and oxygen atoms in total. The molecule has 0 fully saturated rings. The molecule has 24 heavy (non-hydrogen) atoms. The van der Waals surface area contributed by atoms with Crippen molar-refractivity contribution < 1.29 is 23.9 Å². The Labute approximate surface area is 142 Å². The van der Waals surface area contributed by atoms with Gasteiger partial charge in [0, 0.05) is 12.2 Å². The first kappa shape index (κ1) is 19.7. The van der Waals surface area contributed by atoms with Gasteiger partial charge < -0.3 is 19.8 Å². The van der Waals surface area contributed by atoms with Gasteiger partial charge in [-0.25, -0.2) is 9.59 Å². The number of aromatic nitrogens is 1. The number of ether oxygens (including phenoxy) is 2. The van der Waals surface area contributed by atoms with Crippen LogP contribution in [0.1, 0.15) is 59.3 Å². The van der Waals surface area contributed by atoms with Gasteiger partial charge in [-0.05, 0) is 38.7 Å². The summed E-state index contributed by atoms with van der Waals surface area (Å²) in [6, 6.07) is 0. The van der Waals surface area contributed by atoms with Crippen molar-refractivity contribution in [3.63, 3.8) is 0 Å². The topological polar surface area (TPSA) is 97.5 Å². The zero-order valence-corrected chi connectivity index (χ0v) is 14.9. The molecular weight excluding hydrogens is 312 g/mol. The van der Waals surface area contributed by atoms with Crippen LogP contribution in [0.2, 0.25) is 0 Å². The van der Waals surface area contributed by atoms with Crippen molar-refractivity contribution in [2.24, 2.45) is 5.92 Å². The molecule has 0 atom stereocenters. The van der Waals surface area contributed by atoms with Crippen LogP contribution in [-0.4, -0.2) is 42.6 Å². The van der Waals surface area contributed by atoms with Gasteiger partial charge in [0.1, 0.15) is 5.69 Å². The van der Waals surface area contributed by atoms with Gasteiger partial charge in [-0.2, -0.15) is 0 Å². The summed E-state index contributed by atoms with van der Waals surface area (Å²) in [4.78, 5) is 38.5. The fourth-order valence-electron chi connectivity index (χ4n) is 2.22. The van der Waals surface area contributed by atoms with Crippen molar-refractivity contribution in [3.05, 3.63) is 22.5 Å². The largest absolute Gasteiger partial charge is 0.461 e. The number of hydrogen-bond acceptors (Lipinski definition) is 5. The minimum atomic E-state index is -0.643. The minimum Gasteiger partial charge on any atom is -0.461 e. The molecule has 0 bridgehead atoms. The van der Waals surface area contributed by atoms with Crippen molar-refractivity contribution in [1.82, 2.24) is 10.3 Å². The zero-order valence-electron chi connectivity index (χ0n) is 14.9. The summed E-state index contributed by atoms with van der Waals surface area (Å²) < 4.78 is 9.97. The summed E-state index contributed by atoms with van der Waals surface area (Å²) in [5, 5.41) is 2.69. The van der Waals surface area contributed by atoms with Gasteiger partial charge in [0.2, 0.25) is 0 Å². The maximum absolute atomic E-state index is 12.2. The number of carbonyl (C=O) groups excluding carboxylic acids is 3. The zero-order chi connectivity index (χ0) is 18.3.